The Kier molecular flexibility index (Phi) is 5.61. The first-order valence-electron chi connectivity index (χ1n) is 5.59. The highest BCUT2D eigenvalue weighted by molar-refractivity contribution is 9.11. The standard InChI is InChI=1S/C12H16Br2N2O2S/c1-4-16(7-8(2)3)19(17,18)12-10(13)5-9(15)6-11(12)14/h5-6H,2,4,7,15H2,1,3H3. The Hall–Kier alpha value is -0.370. The van der Waals surface area contributed by atoms with Crippen molar-refractivity contribution in [1.29, 1.82) is 0 Å². The molecule has 1 aromatic carbocycles. The zero-order chi connectivity index (χ0) is 14.8. The lowest BCUT2D eigenvalue weighted by Crippen LogP contribution is -2.32. The van der Waals surface area contributed by atoms with Crippen molar-refractivity contribution in [3.8, 4) is 0 Å². The van der Waals surface area contributed by atoms with E-state index < -0.39 is 10.0 Å². The summed E-state index contributed by atoms with van der Waals surface area (Å²) in [6.45, 7) is 8.01. The van der Waals surface area contributed by atoms with Crippen LogP contribution in [0.2, 0.25) is 0 Å². The van der Waals surface area contributed by atoms with Gasteiger partial charge in [-0.25, -0.2) is 8.42 Å². The molecule has 7 heteroatoms. The van der Waals surface area contributed by atoms with Gasteiger partial charge in [0, 0.05) is 27.7 Å². The summed E-state index contributed by atoms with van der Waals surface area (Å²) in [6, 6.07) is 3.15. The quantitative estimate of drug-likeness (QED) is 0.596. The molecule has 0 fully saturated rings. The zero-order valence-corrected chi connectivity index (χ0v) is 14.8. The third-order valence-electron chi connectivity index (χ3n) is 2.42. The Morgan fingerprint density at radius 3 is 2.21 bits per heavy atom. The number of sulfonamides is 1. The largest absolute Gasteiger partial charge is 0.399 e. The van der Waals surface area contributed by atoms with Crippen molar-refractivity contribution in [2.75, 3.05) is 18.8 Å². The number of nitrogen functional groups attached to an aromatic ring is 1. The second-order valence-corrected chi connectivity index (χ2v) is 7.79. The molecule has 0 unspecified atom stereocenters. The summed E-state index contributed by atoms with van der Waals surface area (Å²) in [5, 5.41) is 0. The van der Waals surface area contributed by atoms with Crippen LogP contribution in [0.25, 0.3) is 0 Å². The normalized spacial score (nSPS) is 11.8. The molecule has 1 aromatic rings. The van der Waals surface area contributed by atoms with E-state index in [9.17, 15) is 8.42 Å². The van der Waals surface area contributed by atoms with Crippen molar-refractivity contribution in [3.05, 3.63) is 33.2 Å². The molecule has 19 heavy (non-hydrogen) atoms. The van der Waals surface area contributed by atoms with Gasteiger partial charge in [0.15, 0.2) is 0 Å². The third kappa shape index (κ3) is 3.81. The number of hydrogen-bond donors (Lipinski definition) is 1. The SMILES string of the molecule is C=C(C)CN(CC)S(=O)(=O)c1c(Br)cc(N)cc1Br. The van der Waals surface area contributed by atoms with E-state index in [0.717, 1.165) is 5.57 Å². The highest BCUT2D eigenvalue weighted by Gasteiger charge is 2.28. The fourth-order valence-corrected chi connectivity index (χ4v) is 5.67. The Balaban J connectivity index is 3.38. The average Bonchev–Trinajstić information content (AvgIpc) is 2.23. The van der Waals surface area contributed by atoms with E-state index >= 15 is 0 Å². The monoisotopic (exact) mass is 410 g/mol. The maximum absolute atomic E-state index is 12.6. The smallest absolute Gasteiger partial charge is 0.245 e. The van der Waals surface area contributed by atoms with Crippen LogP contribution in [0.4, 0.5) is 5.69 Å². The van der Waals surface area contributed by atoms with Crippen LogP contribution >= 0.6 is 31.9 Å². The number of rotatable bonds is 5. The fraction of sp³-hybridized carbons (Fsp3) is 0.333. The topological polar surface area (TPSA) is 63.4 Å². The van der Waals surface area contributed by atoms with E-state index in [1.54, 1.807) is 26.0 Å². The van der Waals surface area contributed by atoms with Crippen molar-refractivity contribution >= 4 is 47.6 Å². The molecule has 0 amide bonds. The molecule has 0 bridgehead atoms. The molecule has 106 valence electrons. The van der Waals surface area contributed by atoms with E-state index in [1.165, 1.54) is 4.31 Å². The highest BCUT2D eigenvalue weighted by atomic mass is 79.9. The molecule has 0 saturated carbocycles. The summed E-state index contributed by atoms with van der Waals surface area (Å²) in [6.07, 6.45) is 0. The number of hydrogen-bond acceptors (Lipinski definition) is 3. The lowest BCUT2D eigenvalue weighted by Gasteiger charge is -2.22. The van der Waals surface area contributed by atoms with Crippen LogP contribution < -0.4 is 5.73 Å². The molecule has 0 aromatic heterocycles. The average molecular weight is 412 g/mol. The van der Waals surface area contributed by atoms with Gasteiger partial charge in [-0.1, -0.05) is 19.1 Å². The van der Waals surface area contributed by atoms with Gasteiger partial charge in [-0.05, 0) is 50.9 Å². The molecule has 4 nitrogen and oxygen atoms in total. The Morgan fingerprint density at radius 1 is 1.37 bits per heavy atom. The van der Waals surface area contributed by atoms with Gasteiger partial charge in [0.05, 0.1) is 0 Å². The minimum atomic E-state index is -3.60. The Labute approximate surface area is 131 Å². The second-order valence-electron chi connectivity index (χ2n) is 4.20. The first-order chi connectivity index (χ1) is 8.70. The molecular weight excluding hydrogens is 396 g/mol. The van der Waals surface area contributed by atoms with Crippen LogP contribution in [0, 0.1) is 0 Å². The van der Waals surface area contributed by atoms with Crippen LogP contribution in [0.1, 0.15) is 13.8 Å². The van der Waals surface area contributed by atoms with Crippen molar-refractivity contribution in [3.63, 3.8) is 0 Å². The maximum Gasteiger partial charge on any atom is 0.245 e. The molecule has 0 aliphatic carbocycles. The third-order valence-corrected chi connectivity index (χ3v) is 6.22. The maximum atomic E-state index is 12.6. The summed E-state index contributed by atoms with van der Waals surface area (Å²) in [5.41, 5.74) is 6.95. The number of likely N-dealkylation sites (N-methyl/N-ethyl adjacent to an activating group) is 1. The fourth-order valence-electron chi connectivity index (χ4n) is 1.62. The molecule has 1 rings (SSSR count). The van der Waals surface area contributed by atoms with Crippen LogP contribution in [0.15, 0.2) is 38.1 Å². The summed E-state index contributed by atoms with van der Waals surface area (Å²) in [7, 11) is -3.60. The molecule has 0 atom stereocenters. The molecule has 2 N–H and O–H groups in total. The van der Waals surface area contributed by atoms with Gasteiger partial charge < -0.3 is 5.73 Å². The van der Waals surface area contributed by atoms with E-state index in [2.05, 4.69) is 38.4 Å². The molecular formula is C12H16Br2N2O2S. The first kappa shape index (κ1) is 16.7. The minimum Gasteiger partial charge on any atom is -0.399 e. The molecule has 0 aliphatic heterocycles. The highest BCUT2D eigenvalue weighted by Crippen LogP contribution is 2.34. The van der Waals surface area contributed by atoms with Gasteiger partial charge in [0.2, 0.25) is 10.0 Å². The minimum absolute atomic E-state index is 0.185. The lowest BCUT2D eigenvalue weighted by atomic mass is 10.3. The Morgan fingerprint density at radius 2 is 1.84 bits per heavy atom. The number of halogens is 2. The first-order valence-corrected chi connectivity index (χ1v) is 8.61. The molecule has 0 spiro atoms. The number of benzene rings is 1. The van der Waals surface area contributed by atoms with E-state index in [4.69, 9.17) is 5.73 Å². The van der Waals surface area contributed by atoms with Crippen molar-refractivity contribution in [2.24, 2.45) is 0 Å². The number of nitrogens with zero attached hydrogens (tertiary/aromatic N) is 1. The van der Waals surface area contributed by atoms with Gasteiger partial charge in [-0.2, -0.15) is 4.31 Å². The van der Waals surface area contributed by atoms with E-state index in [1.807, 2.05) is 0 Å². The van der Waals surface area contributed by atoms with Gasteiger partial charge in [0.25, 0.3) is 0 Å². The van der Waals surface area contributed by atoms with E-state index in [-0.39, 0.29) is 4.90 Å². The second kappa shape index (κ2) is 6.39. The van der Waals surface area contributed by atoms with Gasteiger partial charge in [0.1, 0.15) is 4.90 Å². The number of nitrogens with two attached hydrogens (primary N) is 1. The predicted molar refractivity (Wildman–Crippen MR) is 85.5 cm³/mol. The van der Waals surface area contributed by atoms with E-state index in [0.29, 0.717) is 27.7 Å². The van der Waals surface area contributed by atoms with Crippen molar-refractivity contribution in [1.82, 2.24) is 4.31 Å². The van der Waals surface area contributed by atoms with Crippen LogP contribution in [-0.4, -0.2) is 25.8 Å². The van der Waals surface area contributed by atoms with Gasteiger partial charge in [-0.3, -0.25) is 0 Å². The summed E-state index contributed by atoms with van der Waals surface area (Å²) in [4.78, 5) is 0.185. The summed E-state index contributed by atoms with van der Waals surface area (Å²) >= 11 is 6.52. The van der Waals surface area contributed by atoms with Crippen LogP contribution in [-0.2, 0) is 10.0 Å². The predicted octanol–water partition coefficient (Wildman–Crippen LogP) is 3.38. The van der Waals surface area contributed by atoms with Crippen molar-refractivity contribution < 1.29 is 8.42 Å². The molecule has 0 aliphatic rings. The number of anilines is 1. The van der Waals surface area contributed by atoms with Crippen LogP contribution in [0.3, 0.4) is 0 Å². The molecule has 0 heterocycles. The summed E-state index contributed by atoms with van der Waals surface area (Å²) in [5.74, 6) is 0. The zero-order valence-electron chi connectivity index (χ0n) is 10.8. The Bertz CT molecular complexity index is 577. The lowest BCUT2D eigenvalue weighted by molar-refractivity contribution is 0.452. The molecule has 0 radical (unpaired) electrons. The summed E-state index contributed by atoms with van der Waals surface area (Å²) < 4.78 is 27.5. The van der Waals surface area contributed by atoms with Gasteiger partial charge in [-0.15, -0.1) is 0 Å². The molecule has 0 saturated heterocycles. The van der Waals surface area contributed by atoms with Gasteiger partial charge >= 0.3 is 0 Å². The van der Waals surface area contributed by atoms with Crippen molar-refractivity contribution in [2.45, 2.75) is 18.7 Å². The van der Waals surface area contributed by atoms with Crippen LogP contribution in [0.5, 0.6) is 0 Å².